The normalized spacial score (nSPS) is 10.2. The van der Waals surface area contributed by atoms with Crippen LogP contribution in [0.5, 0.6) is 5.75 Å². The van der Waals surface area contributed by atoms with E-state index in [0.717, 1.165) is 5.69 Å². The average Bonchev–Trinajstić information content (AvgIpc) is 3.09. The van der Waals surface area contributed by atoms with Crippen LogP contribution in [0.4, 0.5) is 5.69 Å². The Morgan fingerprint density at radius 1 is 1.14 bits per heavy atom. The molecule has 0 aliphatic carbocycles. The van der Waals surface area contributed by atoms with Crippen LogP contribution in [0.3, 0.4) is 0 Å². The fourth-order valence-electron chi connectivity index (χ4n) is 2.13. The van der Waals surface area contributed by atoms with Crippen molar-refractivity contribution in [3.05, 3.63) is 66.7 Å². The number of hydrogen-bond donors (Lipinski definition) is 1. The third kappa shape index (κ3) is 2.67. The van der Waals surface area contributed by atoms with Crippen LogP contribution in [0.1, 0.15) is 10.4 Å². The molecule has 0 saturated heterocycles. The highest BCUT2D eigenvalue weighted by Gasteiger charge is 2.14. The Kier molecular flexibility index (Phi) is 3.82. The third-order valence-corrected chi connectivity index (χ3v) is 3.17. The van der Waals surface area contributed by atoms with Gasteiger partial charge in [-0.2, -0.15) is 5.10 Å². The molecular formula is C16H14N4O2. The highest BCUT2D eigenvalue weighted by atomic mass is 16.5. The number of benzene rings is 2. The molecule has 1 aromatic heterocycles. The molecule has 0 saturated carbocycles. The number of hydrogen-bond acceptors (Lipinski definition) is 4. The monoisotopic (exact) mass is 294 g/mol. The van der Waals surface area contributed by atoms with Gasteiger partial charge in [-0.05, 0) is 24.3 Å². The lowest BCUT2D eigenvalue weighted by Gasteiger charge is -2.12. The Balaban J connectivity index is 1.92. The van der Waals surface area contributed by atoms with Gasteiger partial charge in [0.2, 0.25) is 0 Å². The Morgan fingerprint density at radius 2 is 1.91 bits per heavy atom. The summed E-state index contributed by atoms with van der Waals surface area (Å²) in [6.07, 6.45) is 3.02. The summed E-state index contributed by atoms with van der Waals surface area (Å²) in [5.41, 5.74) is 1.85. The van der Waals surface area contributed by atoms with Gasteiger partial charge in [-0.3, -0.25) is 4.79 Å². The number of ether oxygens (including phenoxy) is 1. The summed E-state index contributed by atoms with van der Waals surface area (Å²) < 4.78 is 6.81. The number of rotatable bonds is 4. The van der Waals surface area contributed by atoms with E-state index < -0.39 is 0 Å². The number of methoxy groups -OCH3 is 1. The van der Waals surface area contributed by atoms with E-state index >= 15 is 0 Å². The third-order valence-electron chi connectivity index (χ3n) is 3.17. The van der Waals surface area contributed by atoms with Gasteiger partial charge in [0.15, 0.2) is 0 Å². The SMILES string of the molecule is COc1ccccc1C(=O)Nc1ccccc1-n1cncn1. The molecule has 0 atom stereocenters. The molecular weight excluding hydrogens is 280 g/mol. The van der Waals surface area contributed by atoms with Crippen molar-refractivity contribution in [3.8, 4) is 11.4 Å². The summed E-state index contributed by atoms with van der Waals surface area (Å²) in [7, 11) is 1.54. The number of aromatic nitrogens is 3. The van der Waals surface area contributed by atoms with Gasteiger partial charge in [0.25, 0.3) is 5.91 Å². The highest BCUT2D eigenvalue weighted by Crippen LogP contribution is 2.22. The van der Waals surface area contributed by atoms with E-state index in [1.807, 2.05) is 30.3 Å². The molecule has 0 unspecified atom stereocenters. The van der Waals surface area contributed by atoms with Gasteiger partial charge >= 0.3 is 0 Å². The van der Waals surface area contributed by atoms with Crippen LogP contribution in [0.2, 0.25) is 0 Å². The van der Waals surface area contributed by atoms with E-state index in [9.17, 15) is 4.79 Å². The Hall–Kier alpha value is -3.15. The number of nitrogens with zero attached hydrogens (tertiary/aromatic N) is 3. The molecule has 6 nitrogen and oxygen atoms in total. The molecule has 0 radical (unpaired) electrons. The van der Waals surface area contributed by atoms with E-state index in [4.69, 9.17) is 4.74 Å². The van der Waals surface area contributed by atoms with Crippen molar-refractivity contribution in [2.45, 2.75) is 0 Å². The second-order valence-corrected chi connectivity index (χ2v) is 4.51. The van der Waals surface area contributed by atoms with Crippen LogP contribution in [0, 0.1) is 0 Å². The van der Waals surface area contributed by atoms with Crippen LogP contribution < -0.4 is 10.1 Å². The van der Waals surface area contributed by atoms with Crippen molar-refractivity contribution in [1.29, 1.82) is 0 Å². The lowest BCUT2D eigenvalue weighted by Crippen LogP contribution is -2.15. The van der Waals surface area contributed by atoms with Crippen LogP contribution in [-0.4, -0.2) is 27.8 Å². The van der Waals surface area contributed by atoms with Gasteiger partial charge in [-0.15, -0.1) is 0 Å². The average molecular weight is 294 g/mol. The molecule has 0 aliphatic rings. The molecule has 0 aliphatic heterocycles. The number of anilines is 1. The van der Waals surface area contributed by atoms with Crippen LogP contribution in [0.15, 0.2) is 61.2 Å². The van der Waals surface area contributed by atoms with Gasteiger partial charge in [0, 0.05) is 0 Å². The summed E-state index contributed by atoms with van der Waals surface area (Å²) >= 11 is 0. The standard InChI is InChI=1S/C16H14N4O2/c1-22-15-9-5-2-6-12(15)16(21)19-13-7-3-4-8-14(13)20-11-17-10-18-20/h2-11H,1H3,(H,19,21). The maximum absolute atomic E-state index is 12.5. The lowest BCUT2D eigenvalue weighted by molar-refractivity contribution is 0.102. The predicted octanol–water partition coefficient (Wildman–Crippen LogP) is 2.53. The van der Waals surface area contributed by atoms with E-state index in [0.29, 0.717) is 17.0 Å². The summed E-state index contributed by atoms with van der Waals surface area (Å²) in [4.78, 5) is 16.4. The number of amides is 1. The second kappa shape index (κ2) is 6.09. The summed E-state index contributed by atoms with van der Waals surface area (Å²) in [5, 5.41) is 6.97. The van der Waals surface area contributed by atoms with E-state index in [-0.39, 0.29) is 5.91 Å². The predicted molar refractivity (Wildman–Crippen MR) is 82.3 cm³/mol. The summed E-state index contributed by atoms with van der Waals surface area (Å²) in [6.45, 7) is 0. The van der Waals surface area contributed by atoms with E-state index in [1.54, 1.807) is 29.2 Å². The molecule has 6 heteroatoms. The van der Waals surface area contributed by atoms with Gasteiger partial charge in [-0.25, -0.2) is 9.67 Å². The number of nitrogens with one attached hydrogen (secondary N) is 1. The first kappa shape index (κ1) is 13.8. The van der Waals surface area contributed by atoms with E-state index in [2.05, 4.69) is 15.4 Å². The topological polar surface area (TPSA) is 69.0 Å². The zero-order chi connectivity index (χ0) is 15.4. The second-order valence-electron chi connectivity index (χ2n) is 4.51. The number of para-hydroxylation sites is 3. The first-order valence-electron chi connectivity index (χ1n) is 6.68. The number of carbonyl (C=O) groups excluding carboxylic acids is 1. The molecule has 0 fully saturated rings. The molecule has 2 aromatic carbocycles. The van der Waals surface area contributed by atoms with Crippen molar-refractivity contribution >= 4 is 11.6 Å². The van der Waals surface area contributed by atoms with Crippen molar-refractivity contribution in [2.24, 2.45) is 0 Å². The molecule has 3 rings (SSSR count). The minimum Gasteiger partial charge on any atom is -0.496 e. The van der Waals surface area contributed by atoms with Gasteiger partial charge < -0.3 is 10.1 Å². The molecule has 3 aromatic rings. The van der Waals surface area contributed by atoms with Crippen molar-refractivity contribution < 1.29 is 9.53 Å². The fourth-order valence-corrected chi connectivity index (χ4v) is 2.13. The van der Waals surface area contributed by atoms with Crippen LogP contribution in [0.25, 0.3) is 5.69 Å². The molecule has 1 N–H and O–H groups in total. The van der Waals surface area contributed by atoms with E-state index in [1.165, 1.54) is 13.4 Å². The lowest BCUT2D eigenvalue weighted by atomic mass is 10.1. The largest absolute Gasteiger partial charge is 0.496 e. The zero-order valence-corrected chi connectivity index (χ0v) is 11.9. The molecule has 1 amide bonds. The Labute approximate surface area is 127 Å². The minimum absolute atomic E-state index is 0.245. The quantitative estimate of drug-likeness (QED) is 0.802. The molecule has 0 spiro atoms. The summed E-state index contributed by atoms with van der Waals surface area (Å²) in [5.74, 6) is 0.281. The molecule has 22 heavy (non-hydrogen) atoms. The molecule has 110 valence electrons. The maximum Gasteiger partial charge on any atom is 0.259 e. The first-order valence-corrected chi connectivity index (χ1v) is 6.68. The van der Waals surface area contributed by atoms with Gasteiger partial charge in [0.1, 0.15) is 18.4 Å². The number of carbonyl (C=O) groups is 1. The fraction of sp³-hybridized carbons (Fsp3) is 0.0625. The van der Waals surface area contributed by atoms with Crippen LogP contribution in [-0.2, 0) is 0 Å². The Morgan fingerprint density at radius 3 is 2.68 bits per heavy atom. The maximum atomic E-state index is 12.5. The van der Waals surface area contributed by atoms with Crippen molar-refractivity contribution in [1.82, 2.24) is 14.8 Å². The molecule has 1 heterocycles. The first-order chi connectivity index (χ1) is 10.8. The van der Waals surface area contributed by atoms with Crippen molar-refractivity contribution in [2.75, 3.05) is 12.4 Å². The minimum atomic E-state index is -0.245. The smallest absolute Gasteiger partial charge is 0.259 e. The Bertz CT molecular complexity index is 784. The molecule has 0 bridgehead atoms. The van der Waals surface area contributed by atoms with Crippen molar-refractivity contribution in [3.63, 3.8) is 0 Å². The van der Waals surface area contributed by atoms with Crippen LogP contribution >= 0.6 is 0 Å². The van der Waals surface area contributed by atoms with Gasteiger partial charge in [0.05, 0.1) is 24.0 Å². The summed E-state index contributed by atoms with van der Waals surface area (Å²) in [6, 6.07) is 14.5. The highest BCUT2D eigenvalue weighted by molar-refractivity contribution is 6.07. The zero-order valence-electron chi connectivity index (χ0n) is 11.9. The van der Waals surface area contributed by atoms with Gasteiger partial charge in [-0.1, -0.05) is 24.3 Å².